The number of imide groups is 1. The van der Waals surface area contributed by atoms with Crippen LogP contribution in [0.5, 0.6) is 11.5 Å². The minimum absolute atomic E-state index is 0.330. The molecular formula is C20H17ClN2O4. The Labute approximate surface area is 161 Å². The van der Waals surface area contributed by atoms with Gasteiger partial charge < -0.3 is 9.47 Å². The summed E-state index contributed by atoms with van der Waals surface area (Å²) in [7, 11) is 3.09. The van der Waals surface area contributed by atoms with Gasteiger partial charge in [-0.05, 0) is 55.0 Å². The van der Waals surface area contributed by atoms with E-state index >= 15 is 0 Å². The van der Waals surface area contributed by atoms with E-state index in [0.29, 0.717) is 33.4 Å². The predicted octanol–water partition coefficient (Wildman–Crippen LogP) is 3.80. The number of amides is 2. The van der Waals surface area contributed by atoms with Crippen LogP contribution in [-0.4, -0.2) is 36.8 Å². The van der Waals surface area contributed by atoms with E-state index in [4.69, 9.17) is 21.1 Å². The Morgan fingerprint density at radius 1 is 1.07 bits per heavy atom. The van der Waals surface area contributed by atoms with E-state index in [9.17, 15) is 9.59 Å². The van der Waals surface area contributed by atoms with Crippen molar-refractivity contribution < 1.29 is 19.1 Å². The highest BCUT2D eigenvalue weighted by molar-refractivity contribution is 6.31. The molecule has 0 fully saturated rings. The summed E-state index contributed by atoms with van der Waals surface area (Å²) in [5.41, 5.74) is 1.85. The molecule has 1 heterocycles. The lowest BCUT2D eigenvalue weighted by atomic mass is 10.1. The third-order valence-corrected chi connectivity index (χ3v) is 4.32. The van der Waals surface area contributed by atoms with Crippen molar-refractivity contribution in [3.63, 3.8) is 0 Å². The number of hydrazone groups is 1. The first-order valence-corrected chi connectivity index (χ1v) is 8.46. The molecule has 27 heavy (non-hydrogen) atoms. The summed E-state index contributed by atoms with van der Waals surface area (Å²) in [6.07, 6.45) is 1.66. The smallest absolute Gasteiger partial charge is 0.283 e. The first kappa shape index (κ1) is 18.7. The summed E-state index contributed by atoms with van der Waals surface area (Å²) < 4.78 is 10.5. The molecule has 3 rings (SSSR count). The molecule has 0 atom stereocenters. The van der Waals surface area contributed by atoms with E-state index in [-0.39, 0.29) is 0 Å². The number of nitrogens with zero attached hydrogens (tertiary/aromatic N) is 2. The number of methoxy groups -OCH3 is 2. The lowest BCUT2D eigenvalue weighted by Crippen LogP contribution is -2.29. The van der Waals surface area contributed by atoms with Crippen LogP contribution >= 0.6 is 11.6 Å². The summed E-state index contributed by atoms with van der Waals surface area (Å²) >= 11 is 5.84. The van der Waals surface area contributed by atoms with Gasteiger partial charge >= 0.3 is 0 Å². The molecule has 0 saturated heterocycles. The number of rotatable bonds is 4. The van der Waals surface area contributed by atoms with E-state index < -0.39 is 11.8 Å². The molecule has 0 spiro atoms. The van der Waals surface area contributed by atoms with E-state index in [2.05, 4.69) is 5.10 Å². The van der Waals surface area contributed by atoms with Gasteiger partial charge in [0.15, 0.2) is 11.5 Å². The van der Waals surface area contributed by atoms with Crippen LogP contribution < -0.4 is 9.47 Å². The maximum absolute atomic E-state index is 12.7. The maximum Gasteiger partial charge on any atom is 0.283 e. The van der Waals surface area contributed by atoms with Crippen molar-refractivity contribution in [1.29, 1.82) is 0 Å². The Morgan fingerprint density at radius 3 is 2.37 bits per heavy atom. The number of halogens is 1. The molecule has 0 radical (unpaired) electrons. The Morgan fingerprint density at radius 2 is 1.74 bits per heavy atom. The van der Waals surface area contributed by atoms with Crippen LogP contribution in [0.15, 0.2) is 53.1 Å². The van der Waals surface area contributed by atoms with E-state index in [1.54, 1.807) is 62.6 Å². The van der Waals surface area contributed by atoms with Crippen LogP contribution in [0.2, 0.25) is 5.02 Å². The van der Waals surface area contributed by atoms with E-state index in [0.717, 1.165) is 10.6 Å². The number of hydrogen-bond donors (Lipinski definition) is 0. The average molecular weight is 385 g/mol. The second-order valence-corrected chi connectivity index (χ2v) is 6.22. The molecule has 0 aliphatic carbocycles. The van der Waals surface area contributed by atoms with E-state index in [1.807, 2.05) is 0 Å². The highest BCUT2D eigenvalue weighted by Gasteiger charge is 2.33. The second-order valence-electron chi connectivity index (χ2n) is 5.79. The molecule has 0 aromatic heterocycles. The Balaban J connectivity index is 1.90. The molecular weight excluding hydrogens is 368 g/mol. The summed E-state index contributed by atoms with van der Waals surface area (Å²) in [6.45, 7) is 1.68. The lowest BCUT2D eigenvalue weighted by molar-refractivity contribution is -0.123. The molecule has 1 aliphatic heterocycles. The maximum atomic E-state index is 12.7. The van der Waals surface area contributed by atoms with Crippen LogP contribution in [-0.2, 0) is 4.79 Å². The highest BCUT2D eigenvalue weighted by atomic mass is 35.5. The van der Waals surface area contributed by atoms with Gasteiger partial charge in [-0.2, -0.15) is 10.1 Å². The molecule has 1 aliphatic rings. The molecule has 2 aromatic rings. The number of carbonyl (C=O) groups excluding carboxylic acids is 2. The van der Waals surface area contributed by atoms with Gasteiger partial charge in [0.25, 0.3) is 11.8 Å². The normalized spacial score (nSPS) is 15.1. The van der Waals surface area contributed by atoms with Gasteiger partial charge in [0.2, 0.25) is 0 Å². The monoisotopic (exact) mass is 384 g/mol. The molecule has 6 nitrogen and oxygen atoms in total. The summed E-state index contributed by atoms with van der Waals surface area (Å²) in [5, 5.41) is 5.49. The fourth-order valence-electron chi connectivity index (χ4n) is 2.65. The second kappa shape index (κ2) is 7.63. The first-order valence-electron chi connectivity index (χ1n) is 8.08. The standard InChI is InChI=1S/C20H17ClN2O4/c1-12-16(10-13-4-9-17(26-2)18(11-13)27-3)20(25)23(22-12)19(24)14-5-7-15(21)8-6-14/h4-11H,1-3H3/b16-10-. The van der Waals surface area contributed by atoms with Gasteiger partial charge in [-0.1, -0.05) is 17.7 Å². The van der Waals surface area contributed by atoms with Crippen molar-refractivity contribution >= 4 is 35.2 Å². The summed E-state index contributed by atoms with van der Waals surface area (Å²) in [4.78, 5) is 25.3. The van der Waals surface area contributed by atoms with Crippen molar-refractivity contribution in [2.45, 2.75) is 6.92 Å². The van der Waals surface area contributed by atoms with Crippen LogP contribution in [0.3, 0.4) is 0 Å². The topological polar surface area (TPSA) is 68.2 Å². The summed E-state index contributed by atoms with van der Waals surface area (Å²) in [5.74, 6) is 0.136. The van der Waals surface area contributed by atoms with Crippen molar-refractivity contribution in [1.82, 2.24) is 5.01 Å². The van der Waals surface area contributed by atoms with Crippen LogP contribution in [0.4, 0.5) is 0 Å². The zero-order valence-electron chi connectivity index (χ0n) is 15.0. The van der Waals surface area contributed by atoms with Gasteiger partial charge in [0.1, 0.15) is 0 Å². The van der Waals surface area contributed by atoms with E-state index in [1.165, 1.54) is 7.11 Å². The predicted molar refractivity (Wildman–Crippen MR) is 103 cm³/mol. The minimum atomic E-state index is -0.508. The van der Waals surface area contributed by atoms with Gasteiger partial charge in [-0.25, -0.2) is 0 Å². The highest BCUT2D eigenvalue weighted by Crippen LogP contribution is 2.29. The van der Waals surface area contributed by atoms with Crippen molar-refractivity contribution in [3.05, 3.63) is 64.2 Å². The van der Waals surface area contributed by atoms with Crippen LogP contribution in [0.25, 0.3) is 6.08 Å². The largest absolute Gasteiger partial charge is 0.493 e. The molecule has 2 aromatic carbocycles. The van der Waals surface area contributed by atoms with Gasteiger partial charge in [-0.15, -0.1) is 0 Å². The molecule has 0 unspecified atom stereocenters. The number of carbonyl (C=O) groups is 2. The number of hydrogen-bond acceptors (Lipinski definition) is 5. The van der Waals surface area contributed by atoms with Crippen LogP contribution in [0, 0.1) is 0 Å². The fraction of sp³-hybridized carbons (Fsp3) is 0.150. The molecule has 0 bridgehead atoms. The van der Waals surface area contributed by atoms with Gasteiger partial charge in [0, 0.05) is 10.6 Å². The fourth-order valence-corrected chi connectivity index (χ4v) is 2.77. The summed E-state index contributed by atoms with van der Waals surface area (Å²) in [6, 6.07) is 11.6. The van der Waals surface area contributed by atoms with Crippen molar-refractivity contribution in [2.24, 2.45) is 5.10 Å². The van der Waals surface area contributed by atoms with Gasteiger partial charge in [-0.3, -0.25) is 9.59 Å². The third kappa shape index (κ3) is 3.71. The Kier molecular flexibility index (Phi) is 5.28. The number of ether oxygens (including phenoxy) is 2. The first-order chi connectivity index (χ1) is 12.9. The SMILES string of the molecule is COc1ccc(/C=C2\C(=O)N(C(=O)c3ccc(Cl)cc3)N=C2C)cc1OC. The lowest BCUT2D eigenvalue weighted by Gasteiger charge is -2.10. The third-order valence-electron chi connectivity index (χ3n) is 4.06. The van der Waals surface area contributed by atoms with Crippen molar-refractivity contribution in [2.75, 3.05) is 14.2 Å². The molecule has 7 heteroatoms. The Bertz CT molecular complexity index is 964. The molecule has 0 N–H and O–H groups in total. The minimum Gasteiger partial charge on any atom is -0.493 e. The average Bonchev–Trinajstić information content (AvgIpc) is 2.96. The zero-order valence-corrected chi connectivity index (χ0v) is 15.8. The molecule has 0 saturated carbocycles. The van der Waals surface area contributed by atoms with Crippen molar-refractivity contribution in [3.8, 4) is 11.5 Å². The number of benzene rings is 2. The van der Waals surface area contributed by atoms with Gasteiger partial charge in [0.05, 0.1) is 25.5 Å². The molecule has 138 valence electrons. The zero-order chi connectivity index (χ0) is 19.6. The molecule has 2 amide bonds. The van der Waals surface area contributed by atoms with Crippen LogP contribution in [0.1, 0.15) is 22.8 Å². The Hall–Kier alpha value is -3.12. The quantitative estimate of drug-likeness (QED) is 0.594.